The van der Waals surface area contributed by atoms with Gasteiger partial charge in [-0.1, -0.05) is 53.6 Å². The van der Waals surface area contributed by atoms with E-state index in [1.165, 1.54) is 12.1 Å². The molecule has 2 aromatic rings. The summed E-state index contributed by atoms with van der Waals surface area (Å²) >= 11 is 11.8. The van der Waals surface area contributed by atoms with Gasteiger partial charge in [-0.15, -0.1) is 0 Å². The van der Waals surface area contributed by atoms with Crippen molar-refractivity contribution in [3.63, 3.8) is 0 Å². The largest absolute Gasteiger partial charge is 0.347 e. The number of hydroxylamine groups is 2. The molecule has 2 unspecified atom stereocenters. The number of fused-ring (bicyclic) bond motifs is 1. The lowest BCUT2D eigenvalue weighted by Crippen LogP contribution is -2.57. The second-order valence-corrected chi connectivity index (χ2v) is 7.39. The smallest absolute Gasteiger partial charge is 0.203 e. The summed E-state index contributed by atoms with van der Waals surface area (Å²) < 4.78 is 14.7. The molecule has 2 aliphatic rings. The Kier molecular flexibility index (Phi) is 5.21. The second kappa shape index (κ2) is 7.64. The van der Waals surface area contributed by atoms with E-state index in [1.54, 1.807) is 41.4 Å². The first kappa shape index (κ1) is 19.1. The van der Waals surface area contributed by atoms with Gasteiger partial charge in [-0.05, 0) is 23.8 Å². The molecule has 8 heteroatoms. The molecule has 2 atom stereocenters. The van der Waals surface area contributed by atoms with E-state index in [9.17, 15) is 14.4 Å². The molecular formula is C20H16Cl2FN3O2. The zero-order chi connectivity index (χ0) is 19.8. The van der Waals surface area contributed by atoms with Crippen molar-refractivity contribution in [2.75, 3.05) is 6.54 Å². The molecule has 4 rings (SSSR count). The van der Waals surface area contributed by atoms with E-state index in [1.807, 2.05) is 6.08 Å². The molecule has 3 heterocycles. The molecule has 1 aromatic heterocycles. The molecule has 0 amide bonds. The van der Waals surface area contributed by atoms with Crippen LogP contribution in [-0.2, 0) is 11.2 Å². The van der Waals surface area contributed by atoms with E-state index in [0.717, 1.165) is 10.6 Å². The Morgan fingerprint density at radius 2 is 2.07 bits per heavy atom. The maximum atomic E-state index is 14.7. The topological polar surface area (TPSA) is 56.7 Å². The van der Waals surface area contributed by atoms with E-state index < -0.39 is 23.8 Å². The minimum Gasteiger partial charge on any atom is -0.347 e. The highest BCUT2D eigenvalue weighted by molar-refractivity contribution is 6.30. The van der Waals surface area contributed by atoms with Crippen LogP contribution < -0.4 is 0 Å². The standard InChI is InChI=1S/C20H16Cl2FN3O2/c21-14-5-3-4-13(18(14)23)19-20(27)15-6-1-2-9-25(15)17(26(19)28)10-12-7-8-16(22)24-11-12/h1-8,11,17,19,28H,9-10H2. The summed E-state index contributed by atoms with van der Waals surface area (Å²) in [4.78, 5) is 18.9. The normalized spacial score (nSPS) is 22.2. The van der Waals surface area contributed by atoms with E-state index in [2.05, 4.69) is 4.98 Å². The molecule has 2 aliphatic heterocycles. The summed E-state index contributed by atoms with van der Waals surface area (Å²) in [5, 5.41) is 12.2. The van der Waals surface area contributed by atoms with Crippen molar-refractivity contribution in [1.82, 2.24) is 14.9 Å². The fourth-order valence-corrected chi connectivity index (χ4v) is 3.86. The number of hydrogen-bond acceptors (Lipinski definition) is 5. The van der Waals surface area contributed by atoms with Gasteiger partial charge in [0.1, 0.15) is 23.2 Å². The molecule has 0 bridgehead atoms. The van der Waals surface area contributed by atoms with Gasteiger partial charge in [0, 0.05) is 24.7 Å². The number of Topliss-reactive ketones (excluding diaryl/α,β-unsaturated/α-hetero) is 1. The lowest BCUT2D eigenvalue weighted by Gasteiger charge is -2.47. The number of benzene rings is 1. The number of carbonyl (C=O) groups is 1. The average molecular weight is 420 g/mol. The van der Waals surface area contributed by atoms with Gasteiger partial charge < -0.3 is 10.1 Å². The molecule has 1 fully saturated rings. The number of rotatable bonds is 3. The van der Waals surface area contributed by atoms with Gasteiger partial charge in [-0.2, -0.15) is 5.06 Å². The first-order valence-electron chi connectivity index (χ1n) is 8.66. The van der Waals surface area contributed by atoms with Gasteiger partial charge >= 0.3 is 0 Å². The van der Waals surface area contributed by atoms with Crippen LogP contribution in [0.15, 0.2) is 60.5 Å². The Morgan fingerprint density at radius 1 is 1.25 bits per heavy atom. The van der Waals surface area contributed by atoms with Gasteiger partial charge in [-0.3, -0.25) is 4.79 Å². The lowest BCUT2D eigenvalue weighted by molar-refractivity contribution is -0.209. The summed E-state index contributed by atoms with van der Waals surface area (Å²) in [5.74, 6) is -1.10. The zero-order valence-corrected chi connectivity index (χ0v) is 16.1. The van der Waals surface area contributed by atoms with Crippen LogP contribution in [0.3, 0.4) is 0 Å². The Hall–Kier alpha value is -2.25. The van der Waals surface area contributed by atoms with Crippen molar-refractivity contribution in [2.45, 2.75) is 18.6 Å². The van der Waals surface area contributed by atoms with Crippen LogP contribution in [0, 0.1) is 5.82 Å². The Labute approximate surface area is 171 Å². The summed E-state index contributed by atoms with van der Waals surface area (Å²) in [6.07, 6.45) is 6.73. The van der Waals surface area contributed by atoms with E-state index in [4.69, 9.17) is 23.2 Å². The molecule has 0 spiro atoms. The molecule has 1 N–H and O–H groups in total. The van der Waals surface area contributed by atoms with Crippen molar-refractivity contribution < 1.29 is 14.4 Å². The van der Waals surface area contributed by atoms with Crippen molar-refractivity contribution in [1.29, 1.82) is 0 Å². The molecule has 144 valence electrons. The van der Waals surface area contributed by atoms with Crippen LogP contribution >= 0.6 is 23.2 Å². The van der Waals surface area contributed by atoms with Gasteiger partial charge in [0.25, 0.3) is 0 Å². The monoisotopic (exact) mass is 419 g/mol. The second-order valence-electron chi connectivity index (χ2n) is 6.60. The van der Waals surface area contributed by atoms with Crippen molar-refractivity contribution in [2.24, 2.45) is 0 Å². The number of allylic oxidation sites excluding steroid dienone is 2. The first-order valence-corrected chi connectivity index (χ1v) is 9.42. The van der Waals surface area contributed by atoms with Crippen LogP contribution in [0.5, 0.6) is 0 Å². The Balaban J connectivity index is 1.76. The minimum absolute atomic E-state index is 0.0364. The Bertz CT molecular complexity index is 978. The number of pyridine rings is 1. The van der Waals surface area contributed by atoms with Gasteiger partial charge in [0.2, 0.25) is 5.78 Å². The summed E-state index contributed by atoms with van der Waals surface area (Å²) in [7, 11) is 0. The van der Waals surface area contributed by atoms with Crippen LogP contribution in [-0.4, -0.2) is 38.6 Å². The lowest BCUT2D eigenvalue weighted by atomic mass is 9.93. The molecule has 5 nitrogen and oxygen atoms in total. The van der Waals surface area contributed by atoms with Crippen molar-refractivity contribution in [3.05, 3.63) is 87.6 Å². The number of hydrogen-bond donors (Lipinski definition) is 1. The SMILES string of the molecule is O=C1C2=CC=CCN2C(Cc2ccc(Cl)nc2)N(O)C1c1cccc(Cl)c1F. The predicted octanol–water partition coefficient (Wildman–Crippen LogP) is 4.17. The van der Waals surface area contributed by atoms with Crippen LogP contribution in [0.1, 0.15) is 17.2 Å². The third-order valence-electron chi connectivity index (χ3n) is 4.92. The van der Waals surface area contributed by atoms with Crippen molar-refractivity contribution >= 4 is 29.0 Å². The molecule has 28 heavy (non-hydrogen) atoms. The van der Waals surface area contributed by atoms with Crippen LogP contribution in [0.4, 0.5) is 4.39 Å². The number of aromatic nitrogens is 1. The van der Waals surface area contributed by atoms with Crippen LogP contribution in [0.2, 0.25) is 10.2 Å². The third-order valence-corrected chi connectivity index (χ3v) is 5.43. The Morgan fingerprint density at radius 3 is 2.82 bits per heavy atom. The molecule has 0 saturated carbocycles. The number of carbonyl (C=O) groups excluding carboxylic acids is 1. The summed E-state index contributed by atoms with van der Waals surface area (Å²) in [5.41, 5.74) is 1.28. The predicted molar refractivity (Wildman–Crippen MR) is 103 cm³/mol. The maximum Gasteiger partial charge on any atom is 0.203 e. The van der Waals surface area contributed by atoms with Gasteiger partial charge in [0.15, 0.2) is 0 Å². The van der Waals surface area contributed by atoms with E-state index in [-0.39, 0.29) is 10.6 Å². The zero-order valence-electron chi connectivity index (χ0n) is 14.6. The average Bonchev–Trinajstić information content (AvgIpc) is 2.70. The quantitative estimate of drug-likeness (QED) is 0.756. The van der Waals surface area contributed by atoms with Gasteiger partial charge in [0.05, 0.1) is 10.7 Å². The van der Waals surface area contributed by atoms with Crippen LogP contribution in [0.25, 0.3) is 0 Å². The molecular weight excluding hydrogens is 404 g/mol. The maximum absolute atomic E-state index is 14.7. The third kappa shape index (κ3) is 3.33. The molecule has 0 radical (unpaired) electrons. The van der Waals surface area contributed by atoms with Crippen molar-refractivity contribution in [3.8, 4) is 0 Å². The van der Waals surface area contributed by atoms with E-state index >= 15 is 0 Å². The fraction of sp³-hybridized carbons (Fsp3) is 0.200. The first-order chi connectivity index (χ1) is 13.5. The highest BCUT2D eigenvalue weighted by atomic mass is 35.5. The van der Waals surface area contributed by atoms with Gasteiger partial charge in [-0.25, -0.2) is 9.37 Å². The fourth-order valence-electron chi connectivity index (χ4n) is 3.57. The van der Waals surface area contributed by atoms with E-state index in [0.29, 0.717) is 23.8 Å². The summed E-state index contributed by atoms with van der Waals surface area (Å²) in [6, 6.07) is 6.69. The number of nitrogens with zero attached hydrogens (tertiary/aromatic N) is 3. The molecule has 0 aliphatic carbocycles. The highest BCUT2D eigenvalue weighted by Crippen LogP contribution is 2.38. The number of ketones is 1. The minimum atomic E-state index is -1.20. The highest BCUT2D eigenvalue weighted by Gasteiger charge is 2.45. The summed E-state index contributed by atoms with van der Waals surface area (Å²) in [6.45, 7) is 0.449. The molecule has 1 aromatic carbocycles. The molecule has 1 saturated heterocycles. The number of halogens is 3.